The van der Waals surface area contributed by atoms with Gasteiger partial charge in [-0.15, -0.1) is 0 Å². The molecule has 0 heterocycles. The Kier molecular flexibility index (Phi) is 5.43. The zero-order valence-electron chi connectivity index (χ0n) is 12.0. The standard InChI is InChI=1S/C15H23NO3S/c1-2-20(17,18)11-5-10-19-15-7-4-3-6-13(15)12-16-14-8-9-14/h3-4,6-7,14,16H,2,5,8-12H2,1H3. The number of sulfone groups is 1. The fourth-order valence-electron chi connectivity index (χ4n) is 1.94. The summed E-state index contributed by atoms with van der Waals surface area (Å²) in [7, 11) is -2.89. The Morgan fingerprint density at radius 2 is 2.05 bits per heavy atom. The zero-order valence-corrected chi connectivity index (χ0v) is 12.8. The maximum absolute atomic E-state index is 11.4. The predicted octanol–water partition coefficient (Wildman–Crippen LogP) is 2.14. The average molecular weight is 297 g/mol. The molecule has 0 unspecified atom stereocenters. The summed E-state index contributed by atoms with van der Waals surface area (Å²) in [5.41, 5.74) is 1.14. The van der Waals surface area contributed by atoms with Gasteiger partial charge in [-0.25, -0.2) is 8.42 Å². The van der Waals surface area contributed by atoms with Gasteiger partial charge >= 0.3 is 0 Å². The topological polar surface area (TPSA) is 55.4 Å². The number of para-hydroxylation sites is 1. The summed E-state index contributed by atoms with van der Waals surface area (Å²) in [4.78, 5) is 0. The van der Waals surface area contributed by atoms with Crippen LogP contribution in [0.1, 0.15) is 31.7 Å². The van der Waals surface area contributed by atoms with Gasteiger partial charge in [-0.1, -0.05) is 25.1 Å². The molecule has 1 aromatic carbocycles. The van der Waals surface area contributed by atoms with Crippen molar-refractivity contribution in [2.75, 3.05) is 18.1 Å². The first-order chi connectivity index (χ1) is 9.61. The van der Waals surface area contributed by atoms with Gasteiger partial charge < -0.3 is 10.1 Å². The van der Waals surface area contributed by atoms with E-state index in [9.17, 15) is 8.42 Å². The van der Waals surface area contributed by atoms with Crippen LogP contribution in [-0.2, 0) is 16.4 Å². The number of nitrogens with one attached hydrogen (secondary N) is 1. The maximum atomic E-state index is 11.4. The van der Waals surface area contributed by atoms with Crippen LogP contribution in [0.5, 0.6) is 5.75 Å². The summed E-state index contributed by atoms with van der Waals surface area (Å²) < 4.78 is 28.5. The lowest BCUT2D eigenvalue weighted by atomic mass is 10.2. The highest BCUT2D eigenvalue weighted by Gasteiger charge is 2.20. The second-order valence-corrected chi connectivity index (χ2v) is 7.67. The van der Waals surface area contributed by atoms with Gasteiger partial charge in [0.2, 0.25) is 0 Å². The van der Waals surface area contributed by atoms with Crippen LogP contribution in [0.3, 0.4) is 0 Å². The van der Waals surface area contributed by atoms with E-state index in [1.54, 1.807) is 6.92 Å². The SMILES string of the molecule is CCS(=O)(=O)CCCOc1ccccc1CNC1CC1. The molecule has 0 bridgehead atoms. The lowest BCUT2D eigenvalue weighted by Crippen LogP contribution is -2.16. The normalized spacial score (nSPS) is 15.2. The molecule has 1 fully saturated rings. The first-order valence-corrected chi connectivity index (χ1v) is 9.07. The van der Waals surface area contributed by atoms with Crippen LogP contribution in [0.2, 0.25) is 0 Å². The molecule has 112 valence electrons. The fraction of sp³-hybridized carbons (Fsp3) is 0.600. The van der Waals surface area contributed by atoms with E-state index in [4.69, 9.17) is 4.74 Å². The first kappa shape index (κ1) is 15.3. The molecule has 1 aliphatic rings. The summed E-state index contributed by atoms with van der Waals surface area (Å²) in [6, 6.07) is 8.60. The van der Waals surface area contributed by atoms with Gasteiger partial charge in [0.1, 0.15) is 15.6 Å². The van der Waals surface area contributed by atoms with Crippen LogP contribution in [-0.4, -0.2) is 32.6 Å². The van der Waals surface area contributed by atoms with Crippen LogP contribution in [0.15, 0.2) is 24.3 Å². The fourth-order valence-corrected chi connectivity index (χ4v) is 2.78. The number of hydrogen-bond donors (Lipinski definition) is 1. The number of ether oxygens (including phenoxy) is 1. The summed E-state index contributed by atoms with van der Waals surface area (Å²) in [6.45, 7) is 2.93. The molecule has 0 radical (unpaired) electrons. The van der Waals surface area contributed by atoms with Gasteiger partial charge in [0, 0.05) is 23.9 Å². The summed E-state index contributed by atoms with van der Waals surface area (Å²) in [5.74, 6) is 1.26. The van der Waals surface area contributed by atoms with Crippen molar-refractivity contribution >= 4 is 9.84 Å². The van der Waals surface area contributed by atoms with E-state index in [1.807, 2.05) is 24.3 Å². The highest BCUT2D eigenvalue weighted by atomic mass is 32.2. The Morgan fingerprint density at radius 1 is 1.30 bits per heavy atom. The lowest BCUT2D eigenvalue weighted by Gasteiger charge is -2.12. The molecule has 0 saturated heterocycles. The van der Waals surface area contributed by atoms with E-state index >= 15 is 0 Å². The van der Waals surface area contributed by atoms with Gasteiger partial charge in [-0.05, 0) is 25.3 Å². The lowest BCUT2D eigenvalue weighted by molar-refractivity contribution is 0.313. The van der Waals surface area contributed by atoms with Gasteiger partial charge in [-0.2, -0.15) is 0 Å². The van der Waals surface area contributed by atoms with E-state index in [2.05, 4.69) is 5.32 Å². The molecule has 5 heteroatoms. The third-order valence-electron chi connectivity index (χ3n) is 3.43. The van der Waals surface area contributed by atoms with Gasteiger partial charge in [0.15, 0.2) is 0 Å². The van der Waals surface area contributed by atoms with E-state index in [-0.39, 0.29) is 11.5 Å². The minimum absolute atomic E-state index is 0.200. The highest BCUT2D eigenvalue weighted by molar-refractivity contribution is 7.91. The van der Waals surface area contributed by atoms with Crippen molar-refractivity contribution in [3.05, 3.63) is 29.8 Å². The second-order valence-electron chi connectivity index (χ2n) is 5.20. The molecule has 0 atom stereocenters. The minimum atomic E-state index is -2.89. The smallest absolute Gasteiger partial charge is 0.150 e. The van der Waals surface area contributed by atoms with Crippen LogP contribution in [0.4, 0.5) is 0 Å². The molecule has 1 saturated carbocycles. The van der Waals surface area contributed by atoms with E-state index < -0.39 is 9.84 Å². The van der Waals surface area contributed by atoms with E-state index in [1.165, 1.54) is 12.8 Å². The third-order valence-corrected chi connectivity index (χ3v) is 5.22. The summed E-state index contributed by atoms with van der Waals surface area (Å²) >= 11 is 0. The van der Waals surface area contributed by atoms with E-state index in [0.717, 1.165) is 17.9 Å². The van der Waals surface area contributed by atoms with Crippen LogP contribution in [0.25, 0.3) is 0 Å². The molecular weight excluding hydrogens is 274 g/mol. The molecule has 1 N–H and O–H groups in total. The van der Waals surface area contributed by atoms with Crippen molar-refractivity contribution in [3.63, 3.8) is 0 Å². The van der Waals surface area contributed by atoms with Crippen molar-refractivity contribution in [3.8, 4) is 5.75 Å². The van der Waals surface area contributed by atoms with Crippen LogP contribution in [0, 0.1) is 0 Å². The van der Waals surface area contributed by atoms with Crippen molar-refractivity contribution in [1.29, 1.82) is 0 Å². The molecule has 4 nitrogen and oxygen atoms in total. The Hall–Kier alpha value is -1.07. The minimum Gasteiger partial charge on any atom is -0.493 e. The molecule has 2 rings (SSSR count). The monoisotopic (exact) mass is 297 g/mol. The van der Waals surface area contributed by atoms with Gasteiger partial charge in [0.25, 0.3) is 0 Å². The number of benzene rings is 1. The maximum Gasteiger partial charge on any atom is 0.150 e. The summed E-state index contributed by atoms with van der Waals surface area (Å²) in [6.07, 6.45) is 3.07. The molecule has 0 amide bonds. The van der Waals surface area contributed by atoms with Crippen molar-refractivity contribution in [2.45, 2.75) is 38.8 Å². The molecule has 1 aliphatic carbocycles. The Bertz CT molecular complexity index is 524. The van der Waals surface area contributed by atoms with Crippen LogP contribution >= 0.6 is 0 Å². The van der Waals surface area contributed by atoms with Crippen molar-refractivity contribution in [1.82, 2.24) is 5.32 Å². The Labute approximate surface area is 121 Å². The van der Waals surface area contributed by atoms with Gasteiger partial charge in [0.05, 0.1) is 12.4 Å². The highest BCUT2D eigenvalue weighted by Crippen LogP contribution is 2.22. The Balaban J connectivity index is 1.79. The average Bonchev–Trinajstić information content (AvgIpc) is 3.26. The third kappa shape index (κ3) is 5.13. The molecular formula is C15H23NO3S. The van der Waals surface area contributed by atoms with E-state index in [0.29, 0.717) is 19.1 Å². The van der Waals surface area contributed by atoms with Gasteiger partial charge in [-0.3, -0.25) is 0 Å². The van der Waals surface area contributed by atoms with Crippen molar-refractivity contribution < 1.29 is 13.2 Å². The molecule has 20 heavy (non-hydrogen) atoms. The molecule has 0 spiro atoms. The molecule has 1 aromatic rings. The first-order valence-electron chi connectivity index (χ1n) is 7.25. The molecule has 0 aromatic heterocycles. The second kappa shape index (κ2) is 7.09. The predicted molar refractivity (Wildman–Crippen MR) is 80.7 cm³/mol. The summed E-state index contributed by atoms with van der Waals surface area (Å²) in [5, 5.41) is 3.46. The quantitative estimate of drug-likeness (QED) is 0.710. The molecule has 0 aliphatic heterocycles. The zero-order chi connectivity index (χ0) is 14.4. The van der Waals surface area contributed by atoms with Crippen LogP contribution < -0.4 is 10.1 Å². The number of rotatable bonds is 9. The number of hydrogen-bond acceptors (Lipinski definition) is 4. The largest absolute Gasteiger partial charge is 0.493 e. The van der Waals surface area contributed by atoms with Crippen molar-refractivity contribution in [2.24, 2.45) is 0 Å². The Morgan fingerprint density at radius 3 is 2.75 bits per heavy atom.